The highest BCUT2D eigenvalue weighted by Gasteiger charge is 2.39. The lowest BCUT2D eigenvalue weighted by Crippen LogP contribution is -2.50. The van der Waals surface area contributed by atoms with E-state index >= 15 is 0 Å². The summed E-state index contributed by atoms with van der Waals surface area (Å²) in [5.41, 5.74) is 0. The Morgan fingerprint density at radius 1 is 0.686 bits per heavy atom. The maximum Gasteiger partial charge on any atom is 0.216 e. The van der Waals surface area contributed by atoms with E-state index in [0.717, 1.165) is 19.3 Å². The molecule has 0 saturated carbocycles. The van der Waals surface area contributed by atoms with Crippen molar-refractivity contribution in [2.24, 2.45) is 5.92 Å². The van der Waals surface area contributed by atoms with Gasteiger partial charge in [-0.1, -0.05) is 0 Å². The van der Waals surface area contributed by atoms with Gasteiger partial charge in [-0.2, -0.15) is 4.31 Å². The molecule has 0 N–H and O–H groups in total. The van der Waals surface area contributed by atoms with Crippen LogP contribution in [-0.4, -0.2) is 106 Å². The molecule has 206 valence electrons. The molecule has 0 amide bonds. The van der Waals surface area contributed by atoms with E-state index < -0.39 is 51.9 Å². The molecule has 0 aromatic rings. The summed E-state index contributed by atoms with van der Waals surface area (Å²) in [6.07, 6.45) is 3.49. The number of piperidine rings is 1. The molecule has 0 aliphatic carbocycles. The van der Waals surface area contributed by atoms with E-state index in [0.29, 0.717) is 39.0 Å². The van der Waals surface area contributed by atoms with Gasteiger partial charge in [-0.15, -0.1) is 0 Å². The molecule has 3 aliphatic heterocycles. The van der Waals surface area contributed by atoms with E-state index in [-0.39, 0.29) is 32.0 Å². The Kier molecular flexibility index (Phi) is 9.70. The van der Waals surface area contributed by atoms with Crippen LogP contribution in [-0.2, 0) is 34.8 Å². The average molecular weight is 558 g/mol. The summed E-state index contributed by atoms with van der Waals surface area (Å²) in [6, 6.07) is 0. The Morgan fingerprint density at radius 3 is 1.86 bits per heavy atom. The number of sulfonamides is 3. The number of rotatable bonds is 10. The normalized spacial score (nSPS) is 28.4. The Bertz CT molecular complexity index is 1020. The van der Waals surface area contributed by atoms with Gasteiger partial charge in [-0.05, 0) is 72.1 Å². The number of morpholine rings is 1. The second-order valence-electron chi connectivity index (χ2n) is 10.6. The predicted octanol–water partition coefficient (Wildman–Crippen LogP) is 1.45. The zero-order valence-electron chi connectivity index (χ0n) is 21.5. The van der Waals surface area contributed by atoms with Crippen molar-refractivity contribution in [3.05, 3.63) is 0 Å². The SMILES string of the molecule is CC(C)S(=O)(=O)N1CCOC(CC(C)S(=O)(=O)N2CCCC(CC(C)S(=O)(=O)N3CCCC3)C2)C1. The largest absolute Gasteiger partial charge is 0.375 e. The van der Waals surface area contributed by atoms with E-state index in [2.05, 4.69) is 0 Å². The molecule has 0 spiro atoms. The Labute approximate surface area is 212 Å². The number of nitrogens with zero attached hydrogens (tertiary/aromatic N) is 3. The third-order valence-corrected chi connectivity index (χ3v) is 14.4. The molecule has 3 aliphatic rings. The van der Waals surface area contributed by atoms with Gasteiger partial charge in [0.15, 0.2) is 0 Å². The van der Waals surface area contributed by atoms with Crippen molar-refractivity contribution in [3.8, 4) is 0 Å². The number of hydrogen-bond donors (Lipinski definition) is 0. The van der Waals surface area contributed by atoms with Crippen LogP contribution in [0, 0.1) is 5.92 Å². The van der Waals surface area contributed by atoms with Gasteiger partial charge in [0.1, 0.15) is 0 Å². The van der Waals surface area contributed by atoms with Crippen molar-refractivity contribution in [3.63, 3.8) is 0 Å². The van der Waals surface area contributed by atoms with Crippen LogP contribution in [0.4, 0.5) is 0 Å². The van der Waals surface area contributed by atoms with Crippen molar-refractivity contribution >= 4 is 30.1 Å². The van der Waals surface area contributed by atoms with Gasteiger partial charge in [0.05, 0.1) is 28.5 Å². The lowest BCUT2D eigenvalue weighted by molar-refractivity contribution is -0.00574. The van der Waals surface area contributed by atoms with Gasteiger partial charge in [0.25, 0.3) is 0 Å². The molecular weight excluding hydrogens is 514 g/mol. The third kappa shape index (κ3) is 6.77. The first kappa shape index (κ1) is 29.2. The van der Waals surface area contributed by atoms with Crippen molar-refractivity contribution in [2.45, 2.75) is 88.1 Å². The van der Waals surface area contributed by atoms with Crippen molar-refractivity contribution in [1.82, 2.24) is 12.9 Å². The molecule has 4 unspecified atom stereocenters. The molecule has 0 aromatic heterocycles. The first-order valence-corrected chi connectivity index (χ1v) is 17.4. The fraction of sp³-hybridized carbons (Fsp3) is 1.00. The van der Waals surface area contributed by atoms with E-state index in [1.807, 2.05) is 0 Å². The smallest absolute Gasteiger partial charge is 0.216 e. The van der Waals surface area contributed by atoms with Crippen LogP contribution in [0.15, 0.2) is 0 Å². The molecule has 4 atom stereocenters. The minimum atomic E-state index is -3.63. The monoisotopic (exact) mass is 557 g/mol. The van der Waals surface area contributed by atoms with Crippen LogP contribution in [0.5, 0.6) is 0 Å². The predicted molar refractivity (Wildman–Crippen MR) is 136 cm³/mol. The fourth-order valence-corrected chi connectivity index (χ4v) is 10.2. The zero-order valence-corrected chi connectivity index (χ0v) is 24.0. The standard InChI is InChI=1S/C22H43N3O7S3/c1-18(2)33(26,27)25-12-13-32-22(17-25)15-20(4)35(30,31)24-11-7-8-21(16-24)14-19(3)34(28,29)23-9-5-6-10-23/h18-22H,5-17H2,1-4H3. The van der Waals surface area contributed by atoms with Gasteiger partial charge < -0.3 is 4.74 Å². The molecule has 3 heterocycles. The van der Waals surface area contributed by atoms with Gasteiger partial charge in [0, 0.05) is 39.3 Å². The highest BCUT2D eigenvalue weighted by atomic mass is 32.2. The Hall–Kier alpha value is -0.310. The fourth-order valence-electron chi connectivity index (χ4n) is 5.35. The van der Waals surface area contributed by atoms with Crippen molar-refractivity contribution < 1.29 is 30.0 Å². The van der Waals surface area contributed by atoms with Gasteiger partial charge in [-0.3, -0.25) is 0 Å². The Morgan fingerprint density at radius 2 is 1.23 bits per heavy atom. The quantitative estimate of drug-likeness (QED) is 0.399. The first-order valence-electron chi connectivity index (χ1n) is 12.8. The van der Waals surface area contributed by atoms with Gasteiger partial charge in [-0.25, -0.2) is 33.9 Å². The molecule has 3 saturated heterocycles. The van der Waals surface area contributed by atoms with E-state index in [1.165, 1.54) is 8.61 Å². The molecule has 35 heavy (non-hydrogen) atoms. The summed E-state index contributed by atoms with van der Waals surface area (Å²) in [6.45, 7) is 9.26. The summed E-state index contributed by atoms with van der Waals surface area (Å²) in [4.78, 5) is 0. The Balaban J connectivity index is 1.59. The second kappa shape index (κ2) is 11.6. The molecule has 3 fully saturated rings. The number of hydrogen-bond acceptors (Lipinski definition) is 7. The van der Waals surface area contributed by atoms with Crippen LogP contribution >= 0.6 is 0 Å². The van der Waals surface area contributed by atoms with Crippen LogP contribution in [0.3, 0.4) is 0 Å². The van der Waals surface area contributed by atoms with Crippen LogP contribution < -0.4 is 0 Å². The summed E-state index contributed by atoms with van der Waals surface area (Å²) >= 11 is 0. The van der Waals surface area contributed by atoms with Crippen molar-refractivity contribution in [2.75, 3.05) is 45.9 Å². The third-order valence-electron chi connectivity index (χ3n) is 7.60. The highest BCUT2D eigenvalue weighted by Crippen LogP contribution is 2.29. The lowest BCUT2D eigenvalue weighted by Gasteiger charge is -2.37. The van der Waals surface area contributed by atoms with E-state index in [4.69, 9.17) is 4.74 Å². The first-order chi connectivity index (χ1) is 16.3. The maximum atomic E-state index is 13.4. The van der Waals surface area contributed by atoms with E-state index in [9.17, 15) is 25.3 Å². The maximum absolute atomic E-state index is 13.4. The molecule has 13 heteroatoms. The topological polar surface area (TPSA) is 121 Å². The lowest BCUT2D eigenvalue weighted by atomic mass is 9.95. The highest BCUT2D eigenvalue weighted by molar-refractivity contribution is 7.90. The second-order valence-corrected chi connectivity index (χ2v) is 17.8. The number of ether oxygens (including phenoxy) is 1. The van der Waals surface area contributed by atoms with Gasteiger partial charge >= 0.3 is 0 Å². The molecule has 0 aromatic carbocycles. The molecule has 0 bridgehead atoms. The van der Waals surface area contributed by atoms with Crippen LogP contribution in [0.1, 0.15) is 66.2 Å². The van der Waals surface area contributed by atoms with Gasteiger partial charge in [0.2, 0.25) is 30.1 Å². The van der Waals surface area contributed by atoms with Crippen LogP contribution in [0.2, 0.25) is 0 Å². The average Bonchev–Trinajstić information content (AvgIpc) is 3.35. The summed E-state index contributed by atoms with van der Waals surface area (Å²) in [5, 5.41) is -1.79. The van der Waals surface area contributed by atoms with Crippen LogP contribution in [0.25, 0.3) is 0 Å². The minimum Gasteiger partial charge on any atom is -0.375 e. The molecule has 0 radical (unpaired) electrons. The molecule has 3 rings (SSSR count). The minimum absolute atomic E-state index is 0.00397. The summed E-state index contributed by atoms with van der Waals surface area (Å²) < 4.78 is 87.9. The van der Waals surface area contributed by atoms with Crippen molar-refractivity contribution in [1.29, 1.82) is 0 Å². The molecule has 10 nitrogen and oxygen atoms in total. The zero-order chi connectivity index (χ0) is 26.0. The summed E-state index contributed by atoms with van der Waals surface area (Å²) in [5.74, 6) is -0.00397. The summed E-state index contributed by atoms with van der Waals surface area (Å²) in [7, 11) is -10.4. The molecular formula is C22H43N3O7S3. The van der Waals surface area contributed by atoms with E-state index in [1.54, 1.807) is 32.0 Å².